The maximum atomic E-state index is 12.5. The third-order valence-electron chi connectivity index (χ3n) is 2.12. The number of halogens is 7. The van der Waals surface area contributed by atoms with Crippen molar-refractivity contribution < 1.29 is 26.3 Å². The smallest absolute Gasteiger partial charge is 0.192 e. The van der Waals surface area contributed by atoms with Gasteiger partial charge in [0.25, 0.3) is 0 Å². The normalized spacial score (nSPS) is 12.3. The highest BCUT2D eigenvalue weighted by molar-refractivity contribution is 6.17. The van der Waals surface area contributed by atoms with Gasteiger partial charge in [-0.1, -0.05) is 0 Å². The highest BCUT2D eigenvalue weighted by Crippen LogP contribution is 2.41. The molecule has 0 atom stereocenters. The summed E-state index contributed by atoms with van der Waals surface area (Å²) in [6.45, 7) is 0. The third-order valence-corrected chi connectivity index (χ3v) is 2.41. The van der Waals surface area contributed by atoms with Gasteiger partial charge in [0.15, 0.2) is 0 Å². The van der Waals surface area contributed by atoms with Crippen LogP contribution >= 0.6 is 11.6 Å². The molecule has 0 saturated heterocycles. The Morgan fingerprint density at radius 2 is 1.44 bits per heavy atom. The van der Waals surface area contributed by atoms with Crippen LogP contribution in [0.25, 0.3) is 0 Å². The Morgan fingerprint density at radius 3 is 1.78 bits per heavy atom. The zero-order valence-electron chi connectivity index (χ0n) is 8.45. The minimum Gasteiger partial charge on any atom is -0.192 e. The topological polar surface area (TPSA) is 23.8 Å². The number of benzene rings is 1. The predicted octanol–water partition coefficient (Wildman–Crippen LogP) is 4.33. The zero-order valence-corrected chi connectivity index (χ0v) is 9.21. The molecule has 0 aliphatic carbocycles. The molecule has 0 fully saturated rings. The molecule has 0 heterocycles. The minimum absolute atomic E-state index is 0.167. The molecule has 98 valence electrons. The van der Waals surface area contributed by atoms with Gasteiger partial charge in [0.1, 0.15) is 0 Å². The fourth-order valence-corrected chi connectivity index (χ4v) is 1.55. The van der Waals surface area contributed by atoms with Crippen LogP contribution in [-0.4, -0.2) is 0 Å². The number of nitrogens with zero attached hydrogens (tertiary/aromatic N) is 1. The lowest BCUT2D eigenvalue weighted by molar-refractivity contribution is -0.162. The van der Waals surface area contributed by atoms with E-state index in [0.29, 0.717) is 0 Å². The predicted molar refractivity (Wildman–Crippen MR) is 50.7 cm³/mol. The Morgan fingerprint density at radius 1 is 1.00 bits per heavy atom. The molecule has 0 N–H and O–H groups in total. The maximum Gasteiger partial charge on any atom is 0.417 e. The quantitative estimate of drug-likeness (QED) is 0.557. The first-order valence-electron chi connectivity index (χ1n) is 4.38. The van der Waals surface area contributed by atoms with E-state index in [1.165, 1.54) is 6.07 Å². The summed E-state index contributed by atoms with van der Waals surface area (Å²) in [6.07, 6.45) is -10.4. The highest BCUT2D eigenvalue weighted by atomic mass is 35.5. The van der Waals surface area contributed by atoms with Crippen LogP contribution in [-0.2, 0) is 18.2 Å². The van der Waals surface area contributed by atoms with E-state index in [4.69, 9.17) is 16.9 Å². The largest absolute Gasteiger partial charge is 0.417 e. The molecule has 0 spiro atoms. The molecule has 1 aromatic rings. The van der Waals surface area contributed by atoms with E-state index < -0.39 is 34.9 Å². The summed E-state index contributed by atoms with van der Waals surface area (Å²) < 4.78 is 75.0. The molecule has 0 aliphatic rings. The summed E-state index contributed by atoms with van der Waals surface area (Å²) in [5, 5.41) is 8.58. The lowest BCUT2D eigenvalue weighted by Crippen LogP contribution is -2.17. The number of hydrogen-bond donors (Lipinski definition) is 0. The van der Waals surface area contributed by atoms with Crippen molar-refractivity contribution in [2.45, 2.75) is 18.2 Å². The van der Waals surface area contributed by atoms with Gasteiger partial charge in [-0.15, -0.1) is 11.6 Å². The second-order valence-corrected chi connectivity index (χ2v) is 3.56. The molecule has 8 heteroatoms. The molecule has 1 rings (SSSR count). The van der Waals surface area contributed by atoms with Crippen LogP contribution in [0.5, 0.6) is 0 Å². The number of hydrogen-bond acceptors (Lipinski definition) is 1. The lowest BCUT2D eigenvalue weighted by atomic mass is 9.99. The van der Waals surface area contributed by atoms with E-state index >= 15 is 0 Å². The van der Waals surface area contributed by atoms with Crippen LogP contribution in [0.2, 0.25) is 0 Å². The molecule has 0 aromatic heterocycles. The molecule has 0 amide bonds. The van der Waals surface area contributed by atoms with Crippen molar-refractivity contribution in [2.24, 2.45) is 0 Å². The van der Waals surface area contributed by atoms with E-state index in [9.17, 15) is 26.3 Å². The van der Waals surface area contributed by atoms with Crippen molar-refractivity contribution in [3.63, 3.8) is 0 Å². The average molecular weight is 288 g/mol. The Labute approximate surface area is 103 Å². The highest BCUT2D eigenvalue weighted by Gasteiger charge is 2.43. The van der Waals surface area contributed by atoms with Crippen molar-refractivity contribution in [1.29, 1.82) is 5.26 Å². The second-order valence-electron chi connectivity index (χ2n) is 3.30. The van der Waals surface area contributed by atoms with Gasteiger partial charge in [0.2, 0.25) is 0 Å². The second kappa shape index (κ2) is 4.69. The summed E-state index contributed by atoms with van der Waals surface area (Å²) in [5.41, 5.74) is -4.55. The van der Waals surface area contributed by atoms with Gasteiger partial charge in [-0.05, 0) is 17.7 Å². The van der Waals surface area contributed by atoms with Crippen molar-refractivity contribution in [1.82, 2.24) is 0 Å². The molecular formula is C10H4ClF6N. The van der Waals surface area contributed by atoms with E-state index in [1.807, 2.05) is 0 Å². The average Bonchev–Trinajstić information content (AvgIpc) is 2.24. The molecule has 0 saturated carbocycles. The summed E-state index contributed by atoms with van der Waals surface area (Å²) in [6, 6.07) is 1.81. The first-order chi connectivity index (χ1) is 8.11. The van der Waals surface area contributed by atoms with Crippen LogP contribution < -0.4 is 0 Å². The van der Waals surface area contributed by atoms with Crippen molar-refractivity contribution >= 4 is 11.6 Å². The summed E-state index contributed by atoms with van der Waals surface area (Å²) in [5.74, 6) is -0.482. The van der Waals surface area contributed by atoms with Crippen LogP contribution in [0.3, 0.4) is 0 Å². The number of alkyl halides is 7. The van der Waals surface area contributed by atoms with E-state index in [1.54, 1.807) is 0 Å². The minimum atomic E-state index is -5.19. The van der Waals surface area contributed by atoms with E-state index in [2.05, 4.69) is 0 Å². The van der Waals surface area contributed by atoms with Crippen molar-refractivity contribution in [3.05, 3.63) is 34.4 Å². The molecule has 0 unspecified atom stereocenters. The Kier molecular flexibility index (Phi) is 3.81. The van der Waals surface area contributed by atoms with Gasteiger partial charge in [-0.25, -0.2) is 0 Å². The van der Waals surface area contributed by atoms with Crippen molar-refractivity contribution in [2.75, 3.05) is 0 Å². The Hall–Kier alpha value is -1.42. The first kappa shape index (κ1) is 14.6. The summed E-state index contributed by atoms with van der Waals surface area (Å²) in [7, 11) is 0. The molecule has 1 aromatic carbocycles. The van der Waals surface area contributed by atoms with E-state index in [-0.39, 0.29) is 17.7 Å². The summed E-state index contributed by atoms with van der Waals surface area (Å²) in [4.78, 5) is 0. The third kappa shape index (κ3) is 2.88. The lowest BCUT2D eigenvalue weighted by Gasteiger charge is -2.17. The van der Waals surface area contributed by atoms with Gasteiger partial charge in [0, 0.05) is 5.88 Å². The van der Waals surface area contributed by atoms with Crippen molar-refractivity contribution in [3.8, 4) is 6.07 Å². The Balaban J connectivity index is 3.64. The van der Waals surface area contributed by atoms with Gasteiger partial charge in [-0.3, -0.25) is 0 Å². The van der Waals surface area contributed by atoms with Gasteiger partial charge < -0.3 is 0 Å². The number of nitriles is 1. The Bertz CT molecular complexity index is 497. The standard InChI is InChI=1S/C10H4ClF6N/c11-3-5-1-7(9(12,13)14)8(10(15,16)17)2-6(5)4-18/h1-2H,3H2. The molecule has 18 heavy (non-hydrogen) atoms. The zero-order chi connectivity index (χ0) is 14.1. The van der Waals surface area contributed by atoms with Crippen LogP contribution in [0, 0.1) is 11.3 Å². The maximum absolute atomic E-state index is 12.5. The fourth-order valence-electron chi connectivity index (χ4n) is 1.33. The molecule has 1 nitrogen and oxygen atoms in total. The van der Waals surface area contributed by atoms with Crippen LogP contribution in [0.1, 0.15) is 22.3 Å². The molecule has 0 radical (unpaired) electrons. The molecular weight excluding hydrogens is 284 g/mol. The van der Waals surface area contributed by atoms with E-state index in [0.717, 1.165) is 0 Å². The monoisotopic (exact) mass is 287 g/mol. The fraction of sp³-hybridized carbons (Fsp3) is 0.300. The van der Waals surface area contributed by atoms with Gasteiger partial charge in [-0.2, -0.15) is 31.6 Å². The number of rotatable bonds is 1. The summed E-state index contributed by atoms with van der Waals surface area (Å²) >= 11 is 5.30. The SMILES string of the molecule is N#Cc1cc(C(F)(F)F)c(C(F)(F)F)cc1CCl. The van der Waals surface area contributed by atoms with Gasteiger partial charge >= 0.3 is 12.4 Å². The first-order valence-corrected chi connectivity index (χ1v) is 4.92. The van der Waals surface area contributed by atoms with Crippen LogP contribution in [0.15, 0.2) is 12.1 Å². The molecule has 0 aliphatic heterocycles. The van der Waals surface area contributed by atoms with Gasteiger partial charge in [0.05, 0.1) is 22.8 Å². The molecule has 0 bridgehead atoms. The van der Waals surface area contributed by atoms with Crippen LogP contribution in [0.4, 0.5) is 26.3 Å².